The maximum atomic E-state index is 13.6. The maximum Gasteiger partial charge on any atom is 0.173 e. The van der Waals surface area contributed by atoms with Gasteiger partial charge in [-0.2, -0.15) is 11.8 Å². The molecule has 80 valence electrons. The smallest absolute Gasteiger partial charge is 0.173 e. The molecule has 0 saturated carbocycles. The van der Waals surface area contributed by atoms with Crippen molar-refractivity contribution < 1.29 is 13.6 Å². The van der Waals surface area contributed by atoms with Crippen LogP contribution in [0.2, 0.25) is 0 Å². The van der Waals surface area contributed by atoms with E-state index in [4.69, 9.17) is 0 Å². The van der Waals surface area contributed by atoms with E-state index in [9.17, 15) is 13.6 Å². The Bertz CT molecular complexity index is 413. The molecule has 0 spiro atoms. The first kappa shape index (κ1) is 10.6. The Kier molecular flexibility index (Phi) is 2.78. The van der Waals surface area contributed by atoms with Crippen molar-refractivity contribution in [2.75, 3.05) is 11.5 Å². The molecule has 4 heteroatoms. The summed E-state index contributed by atoms with van der Waals surface area (Å²) in [5.74, 6) is -0.720. The second-order valence-electron chi connectivity index (χ2n) is 3.65. The molecular formula is C11H10F2OS. The highest BCUT2D eigenvalue weighted by Crippen LogP contribution is 2.30. The zero-order valence-corrected chi connectivity index (χ0v) is 9.04. The van der Waals surface area contributed by atoms with Crippen molar-refractivity contribution in [2.24, 2.45) is 5.92 Å². The minimum Gasteiger partial charge on any atom is -0.294 e. The summed E-state index contributed by atoms with van der Waals surface area (Å²) in [4.78, 5) is 11.7. The molecule has 1 aliphatic heterocycles. The minimum atomic E-state index is -0.750. The van der Waals surface area contributed by atoms with Gasteiger partial charge in [0.25, 0.3) is 0 Å². The number of carbonyl (C=O) groups is 1. The van der Waals surface area contributed by atoms with Crippen molar-refractivity contribution in [3.05, 3.63) is 34.9 Å². The van der Waals surface area contributed by atoms with Crippen LogP contribution in [0.3, 0.4) is 0 Å². The van der Waals surface area contributed by atoms with Gasteiger partial charge in [0.1, 0.15) is 11.6 Å². The number of thioether (sulfide) groups is 1. The van der Waals surface area contributed by atoms with Gasteiger partial charge < -0.3 is 0 Å². The van der Waals surface area contributed by atoms with Crippen molar-refractivity contribution in [3.8, 4) is 0 Å². The summed E-state index contributed by atoms with van der Waals surface area (Å²) >= 11 is 1.62. The molecule has 1 aliphatic rings. The van der Waals surface area contributed by atoms with Crippen LogP contribution < -0.4 is 0 Å². The molecule has 1 aromatic rings. The van der Waals surface area contributed by atoms with E-state index in [1.165, 1.54) is 13.0 Å². The third kappa shape index (κ3) is 1.78. The molecule has 1 saturated heterocycles. The van der Waals surface area contributed by atoms with Crippen LogP contribution in [0, 0.1) is 24.5 Å². The number of carbonyl (C=O) groups excluding carboxylic acids is 1. The van der Waals surface area contributed by atoms with Crippen molar-refractivity contribution in [1.82, 2.24) is 0 Å². The Labute approximate surface area is 90.9 Å². The molecule has 0 aromatic heterocycles. The molecule has 0 aliphatic carbocycles. The molecule has 0 amide bonds. The molecule has 0 unspecified atom stereocenters. The predicted octanol–water partition coefficient (Wildman–Crippen LogP) is 2.82. The SMILES string of the molecule is Cc1ccc(F)c(C(=O)C2CSC2)c1F. The number of benzene rings is 1. The first-order chi connectivity index (χ1) is 7.11. The molecule has 1 heterocycles. The van der Waals surface area contributed by atoms with E-state index in [0.29, 0.717) is 17.1 Å². The number of rotatable bonds is 2. The van der Waals surface area contributed by atoms with Crippen molar-refractivity contribution >= 4 is 17.5 Å². The van der Waals surface area contributed by atoms with E-state index in [2.05, 4.69) is 0 Å². The van der Waals surface area contributed by atoms with E-state index in [-0.39, 0.29) is 11.5 Å². The maximum absolute atomic E-state index is 13.6. The van der Waals surface area contributed by atoms with Crippen molar-refractivity contribution in [2.45, 2.75) is 6.92 Å². The number of Topliss-reactive ketones (excluding diaryl/α,β-unsaturated/α-hetero) is 1. The molecule has 15 heavy (non-hydrogen) atoms. The molecular weight excluding hydrogens is 218 g/mol. The topological polar surface area (TPSA) is 17.1 Å². The molecule has 0 radical (unpaired) electrons. The summed E-state index contributed by atoms with van der Waals surface area (Å²) in [6.45, 7) is 1.53. The lowest BCUT2D eigenvalue weighted by Crippen LogP contribution is -2.29. The monoisotopic (exact) mass is 228 g/mol. The molecule has 0 N–H and O–H groups in total. The molecule has 1 fully saturated rings. The fraction of sp³-hybridized carbons (Fsp3) is 0.364. The number of hydrogen-bond donors (Lipinski definition) is 0. The second-order valence-corrected chi connectivity index (χ2v) is 4.73. The van der Waals surface area contributed by atoms with Gasteiger partial charge in [-0.05, 0) is 18.6 Å². The van der Waals surface area contributed by atoms with Gasteiger partial charge in [-0.25, -0.2) is 8.78 Å². The Morgan fingerprint density at radius 2 is 2.07 bits per heavy atom. The summed E-state index contributed by atoms with van der Waals surface area (Å²) in [5.41, 5.74) is -0.0490. The van der Waals surface area contributed by atoms with E-state index in [1.807, 2.05) is 0 Å². The fourth-order valence-electron chi connectivity index (χ4n) is 1.47. The summed E-state index contributed by atoms with van der Waals surface area (Å²) in [6, 6.07) is 2.49. The highest BCUT2D eigenvalue weighted by molar-refractivity contribution is 8.00. The van der Waals surface area contributed by atoms with Crippen LogP contribution >= 0.6 is 11.8 Å². The molecule has 0 bridgehead atoms. The predicted molar refractivity (Wildman–Crippen MR) is 56.2 cm³/mol. The van der Waals surface area contributed by atoms with Gasteiger partial charge in [-0.1, -0.05) is 6.07 Å². The van der Waals surface area contributed by atoms with Crippen LogP contribution in [0.15, 0.2) is 12.1 Å². The zero-order valence-electron chi connectivity index (χ0n) is 8.22. The molecule has 2 rings (SSSR count). The summed E-state index contributed by atoms with van der Waals surface area (Å²) < 4.78 is 26.9. The van der Waals surface area contributed by atoms with Crippen LogP contribution in [0.5, 0.6) is 0 Å². The summed E-state index contributed by atoms with van der Waals surface area (Å²) in [7, 11) is 0. The molecule has 1 nitrogen and oxygen atoms in total. The molecule has 0 atom stereocenters. The zero-order chi connectivity index (χ0) is 11.0. The highest BCUT2D eigenvalue weighted by atomic mass is 32.2. The first-order valence-corrected chi connectivity index (χ1v) is 5.83. The average Bonchev–Trinajstić information content (AvgIpc) is 2.09. The normalized spacial score (nSPS) is 16.2. The third-order valence-corrected chi connectivity index (χ3v) is 3.82. The largest absolute Gasteiger partial charge is 0.294 e. The lowest BCUT2D eigenvalue weighted by atomic mass is 9.97. The van der Waals surface area contributed by atoms with Gasteiger partial charge >= 0.3 is 0 Å². The average molecular weight is 228 g/mol. The van der Waals surface area contributed by atoms with E-state index in [1.54, 1.807) is 11.8 Å². The van der Waals surface area contributed by atoms with E-state index >= 15 is 0 Å². The Morgan fingerprint density at radius 1 is 1.40 bits per heavy atom. The van der Waals surface area contributed by atoms with Gasteiger partial charge in [0.15, 0.2) is 5.78 Å². The summed E-state index contributed by atoms with van der Waals surface area (Å²) in [5, 5.41) is 0. The standard InChI is InChI=1S/C11H10F2OS/c1-6-2-3-8(12)9(10(6)13)11(14)7-4-15-5-7/h2-3,7H,4-5H2,1H3. The molecule has 1 aromatic carbocycles. The van der Waals surface area contributed by atoms with Gasteiger partial charge in [0.2, 0.25) is 0 Å². The third-order valence-electron chi connectivity index (χ3n) is 2.54. The van der Waals surface area contributed by atoms with Crippen LogP contribution in [0.4, 0.5) is 8.78 Å². The number of aryl methyl sites for hydroxylation is 1. The van der Waals surface area contributed by atoms with Crippen LogP contribution in [-0.2, 0) is 0 Å². The quantitative estimate of drug-likeness (QED) is 0.724. The number of hydrogen-bond acceptors (Lipinski definition) is 2. The van der Waals surface area contributed by atoms with E-state index in [0.717, 1.165) is 6.07 Å². The Morgan fingerprint density at radius 3 is 2.60 bits per heavy atom. The lowest BCUT2D eigenvalue weighted by molar-refractivity contribution is 0.0930. The van der Waals surface area contributed by atoms with Crippen LogP contribution in [0.1, 0.15) is 15.9 Å². The van der Waals surface area contributed by atoms with E-state index < -0.39 is 17.4 Å². The summed E-state index contributed by atoms with van der Waals surface area (Å²) in [6.07, 6.45) is 0. The van der Waals surface area contributed by atoms with Crippen LogP contribution in [-0.4, -0.2) is 17.3 Å². The fourth-order valence-corrected chi connectivity index (χ4v) is 2.25. The number of halogens is 2. The van der Waals surface area contributed by atoms with Crippen molar-refractivity contribution in [3.63, 3.8) is 0 Å². The van der Waals surface area contributed by atoms with Crippen molar-refractivity contribution in [1.29, 1.82) is 0 Å². The second kappa shape index (κ2) is 3.93. The Balaban J connectivity index is 2.41. The van der Waals surface area contributed by atoms with Gasteiger partial charge in [-0.3, -0.25) is 4.79 Å². The van der Waals surface area contributed by atoms with Gasteiger partial charge in [-0.15, -0.1) is 0 Å². The number of ketones is 1. The van der Waals surface area contributed by atoms with Gasteiger partial charge in [0, 0.05) is 17.4 Å². The Hall–Kier alpha value is -0.900. The highest BCUT2D eigenvalue weighted by Gasteiger charge is 2.31. The van der Waals surface area contributed by atoms with Crippen LogP contribution in [0.25, 0.3) is 0 Å². The van der Waals surface area contributed by atoms with Gasteiger partial charge in [0.05, 0.1) is 5.56 Å². The lowest BCUT2D eigenvalue weighted by Gasteiger charge is -2.23. The minimum absolute atomic E-state index is 0.208. The first-order valence-electron chi connectivity index (χ1n) is 4.68.